The fourth-order valence-electron chi connectivity index (χ4n) is 1.58. The Hall–Kier alpha value is -1.59. The molecular formula is C11H17NO5. The number of carboxylic acid groups (broad SMARTS) is 1. The van der Waals surface area contributed by atoms with Gasteiger partial charge in [0.25, 0.3) is 0 Å². The Morgan fingerprint density at radius 2 is 2.06 bits per heavy atom. The highest BCUT2D eigenvalue weighted by atomic mass is 16.5. The maximum absolute atomic E-state index is 11.6. The lowest BCUT2D eigenvalue weighted by molar-refractivity contribution is -0.145. The van der Waals surface area contributed by atoms with Crippen LogP contribution in [0.5, 0.6) is 0 Å². The molecule has 0 radical (unpaired) electrons. The lowest BCUT2D eigenvalue weighted by atomic mass is 9.84. The number of carbonyl (C=O) groups is 3. The van der Waals surface area contributed by atoms with E-state index < -0.39 is 18.0 Å². The van der Waals surface area contributed by atoms with Crippen molar-refractivity contribution in [3.8, 4) is 0 Å². The highest BCUT2D eigenvalue weighted by molar-refractivity contribution is 5.85. The van der Waals surface area contributed by atoms with Gasteiger partial charge in [-0.15, -0.1) is 0 Å². The fourth-order valence-corrected chi connectivity index (χ4v) is 1.58. The number of nitrogens with one attached hydrogen (secondary N) is 1. The average Bonchev–Trinajstić information content (AvgIpc) is 2.20. The van der Waals surface area contributed by atoms with Crippen molar-refractivity contribution in [2.24, 2.45) is 5.92 Å². The average molecular weight is 243 g/mol. The number of methoxy groups -OCH3 is 1. The van der Waals surface area contributed by atoms with Crippen molar-refractivity contribution < 1.29 is 24.2 Å². The van der Waals surface area contributed by atoms with Crippen LogP contribution in [0.4, 0.5) is 0 Å². The van der Waals surface area contributed by atoms with Gasteiger partial charge >= 0.3 is 11.9 Å². The number of hydrogen-bond acceptors (Lipinski definition) is 4. The molecule has 0 heterocycles. The standard InChI is InChI=1S/C11H17NO5/c1-17-9(13)6-5-8(11(15)16)12-10(14)7-3-2-4-7/h7-8H,2-6H2,1H3,(H,12,14)(H,15,16)/t8-/m1/s1. The van der Waals surface area contributed by atoms with Gasteiger partial charge in [0.15, 0.2) is 0 Å². The Balaban J connectivity index is 2.39. The highest BCUT2D eigenvalue weighted by Gasteiger charge is 2.29. The maximum Gasteiger partial charge on any atom is 0.326 e. The molecule has 6 nitrogen and oxygen atoms in total. The smallest absolute Gasteiger partial charge is 0.326 e. The third-order valence-corrected chi connectivity index (χ3v) is 2.96. The van der Waals surface area contributed by atoms with Crippen molar-refractivity contribution in [3.05, 3.63) is 0 Å². The maximum atomic E-state index is 11.6. The fraction of sp³-hybridized carbons (Fsp3) is 0.727. The number of aliphatic carboxylic acids is 1. The summed E-state index contributed by atoms with van der Waals surface area (Å²) in [5.74, 6) is -1.89. The number of ether oxygens (including phenoxy) is 1. The molecule has 0 aromatic carbocycles. The van der Waals surface area contributed by atoms with Crippen molar-refractivity contribution in [1.29, 1.82) is 0 Å². The second-order valence-electron chi connectivity index (χ2n) is 4.14. The van der Waals surface area contributed by atoms with Crippen LogP contribution in [0, 0.1) is 5.92 Å². The molecule has 1 aliphatic carbocycles. The van der Waals surface area contributed by atoms with E-state index in [1.807, 2.05) is 0 Å². The lowest BCUT2D eigenvalue weighted by Gasteiger charge is -2.25. The van der Waals surface area contributed by atoms with Crippen LogP contribution in [-0.2, 0) is 19.1 Å². The third-order valence-electron chi connectivity index (χ3n) is 2.96. The zero-order chi connectivity index (χ0) is 12.8. The first-order valence-corrected chi connectivity index (χ1v) is 5.64. The second kappa shape index (κ2) is 6.22. The van der Waals surface area contributed by atoms with Gasteiger partial charge in [-0.3, -0.25) is 9.59 Å². The summed E-state index contributed by atoms with van der Waals surface area (Å²) in [4.78, 5) is 33.4. The molecule has 0 spiro atoms. The van der Waals surface area contributed by atoms with Crippen molar-refractivity contribution in [2.75, 3.05) is 7.11 Å². The van der Waals surface area contributed by atoms with E-state index in [0.717, 1.165) is 19.3 Å². The number of esters is 1. The van der Waals surface area contributed by atoms with Crippen LogP contribution < -0.4 is 5.32 Å². The number of carboxylic acids is 1. The summed E-state index contributed by atoms with van der Waals surface area (Å²) in [7, 11) is 1.24. The minimum Gasteiger partial charge on any atom is -0.480 e. The molecule has 1 amide bonds. The van der Waals surface area contributed by atoms with Crippen LogP contribution in [0.3, 0.4) is 0 Å². The molecule has 1 saturated carbocycles. The molecule has 2 N–H and O–H groups in total. The van der Waals surface area contributed by atoms with E-state index in [4.69, 9.17) is 5.11 Å². The van der Waals surface area contributed by atoms with E-state index in [9.17, 15) is 14.4 Å². The van der Waals surface area contributed by atoms with Crippen LogP contribution in [0.2, 0.25) is 0 Å². The van der Waals surface area contributed by atoms with Crippen LogP contribution in [0.1, 0.15) is 32.1 Å². The molecule has 1 atom stereocenters. The molecule has 0 unspecified atom stereocenters. The molecule has 0 bridgehead atoms. The number of rotatable bonds is 6. The summed E-state index contributed by atoms with van der Waals surface area (Å²) < 4.78 is 4.42. The predicted octanol–water partition coefficient (Wildman–Crippen LogP) is 0.309. The molecule has 1 rings (SSSR count). The summed E-state index contributed by atoms with van der Waals surface area (Å²) in [6.45, 7) is 0. The van der Waals surface area contributed by atoms with Gasteiger partial charge in [0.1, 0.15) is 6.04 Å². The molecule has 1 aliphatic rings. The molecule has 0 aromatic heterocycles. The minimum atomic E-state index is -1.12. The van der Waals surface area contributed by atoms with Gasteiger partial charge in [-0.25, -0.2) is 4.79 Å². The van der Waals surface area contributed by atoms with Crippen LogP contribution in [-0.4, -0.2) is 36.1 Å². The zero-order valence-corrected chi connectivity index (χ0v) is 9.77. The molecule has 0 aromatic rings. The summed E-state index contributed by atoms with van der Waals surface area (Å²) >= 11 is 0. The molecule has 1 fully saturated rings. The largest absolute Gasteiger partial charge is 0.480 e. The molecule has 17 heavy (non-hydrogen) atoms. The summed E-state index contributed by atoms with van der Waals surface area (Å²) in [6, 6.07) is -1.01. The van der Waals surface area contributed by atoms with Crippen molar-refractivity contribution in [2.45, 2.75) is 38.1 Å². The predicted molar refractivity (Wildman–Crippen MR) is 58.2 cm³/mol. The van der Waals surface area contributed by atoms with E-state index >= 15 is 0 Å². The quantitative estimate of drug-likeness (QED) is 0.655. The van der Waals surface area contributed by atoms with Crippen molar-refractivity contribution >= 4 is 17.8 Å². The molecule has 0 saturated heterocycles. The normalized spacial score (nSPS) is 16.8. The molecule has 96 valence electrons. The van der Waals surface area contributed by atoms with E-state index in [1.165, 1.54) is 7.11 Å². The second-order valence-corrected chi connectivity index (χ2v) is 4.14. The zero-order valence-electron chi connectivity index (χ0n) is 9.77. The first-order chi connectivity index (χ1) is 8.04. The number of carbonyl (C=O) groups excluding carboxylic acids is 2. The SMILES string of the molecule is COC(=O)CC[C@@H](NC(=O)C1CCC1)C(=O)O. The van der Waals surface area contributed by atoms with Gasteiger partial charge in [0, 0.05) is 12.3 Å². The summed E-state index contributed by atoms with van der Waals surface area (Å²) in [6.07, 6.45) is 2.68. The van der Waals surface area contributed by atoms with E-state index in [2.05, 4.69) is 10.1 Å². The van der Waals surface area contributed by atoms with E-state index in [-0.39, 0.29) is 24.7 Å². The van der Waals surface area contributed by atoms with Gasteiger partial charge in [-0.05, 0) is 19.3 Å². The first-order valence-electron chi connectivity index (χ1n) is 5.64. The molecule has 0 aliphatic heterocycles. The minimum absolute atomic E-state index is 0.0155. The van der Waals surface area contributed by atoms with Crippen molar-refractivity contribution in [1.82, 2.24) is 5.32 Å². The number of amides is 1. The van der Waals surface area contributed by atoms with Gasteiger partial charge in [-0.1, -0.05) is 6.42 Å². The summed E-state index contributed by atoms with van der Waals surface area (Å²) in [5, 5.41) is 11.4. The Bertz CT molecular complexity index is 311. The Labute approximate surface area is 99.3 Å². The van der Waals surface area contributed by atoms with Crippen LogP contribution in [0.25, 0.3) is 0 Å². The number of hydrogen-bond donors (Lipinski definition) is 2. The lowest BCUT2D eigenvalue weighted by Crippen LogP contribution is -2.45. The third kappa shape index (κ3) is 4.05. The Morgan fingerprint density at radius 1 is 1.41 bits per heavy atom. The van der Waals surface area contributed by atoms with E-state index in [0.29, 0.717) is 0 Å². The first kappa shape index (κ1) is 13.5. The Morgan fingerprint density at radius 3 is 2.47 bits per heavy atom. The van der Waals surface area contributed by atoms with E-state index in [1.54, 1.807) is 0 Å². The van der Waals surface area contributed by atoms with Gasteiger partial charge < -0.3 is 15.2 Å². The molecular weight excluding hydrogens is 226 g/mol. The highest BCUT2D eigenvalue weighted by Crippen LogP contribution is 2.26. The van der Waals surface area contributed by atoms with Gasteiger partial charge in [0.05, 0.1) is 7.11 Å². The topological polar surface area (TPSA) is 92.7 Å². The van der Waals surface area contributed by atoms with Crippen molar-refractivity contribution in [3.63, 3.8) is 0 Å². The van der Waals surface area contributed by atoms with Crippen LogP contribution in [0.15, 0.2) is 0 Å². The monoisotopic (exact) mass is 243 g/mol. The van der Waals surface area contributed by atoms with Crippen LogP contribution >= 0.6 is 0 Å². The van der Waals surface area contributed by atoms with Gasteiger partial charge in [0.2, 0.25) is 5.91 Å². The van der Waals surface area contributed by atoms with Gasteiger partial charge in [-0.2, -0.15) is 0 Å². The summed E-state index contributed by atoms with van der Waals surface area (Å²) in [5.41, 5.74) is 0. The Kier molecular flexibility index (Phi) is 4.93. The molecule has 6 heteroatoms.